The lowest BCUT2D eigenvalue weighted by Gasteiger charge is -2.13. The van der Waals surface area contributed by atoms with Gasteiger partial charge in [0.25, 0.3) is 15.0 Å². The first-order valence-corrected chi connectivity index (χ1v) is 10.8. The summed E-state index contributed by atoms with van der Waals surface area (Å²) in [5.74, 6) is 0.0850. The third-order valence-corrected chi connectivity index (χ3v) is 5.80. The predicted octanol–water partition coefficient (Wildman–Crippen LogP) is 2.26. The van der Waals surface area contributed by atoms with E-state index in [1.807, 2.05) is 0 Å². The van der Waals surface area contributed by atoms with Crippen LogP contribution in [0.1, 0.15) is 23.7 Å². The Bertz CT molecular complexity index is 663. The molecule has 0 aliphatic rings. The zero-order chi connectivity index (χ0) is 16.2. The van der Waals surface area contributed by atoms with Crippen molar-refractivity contribution >= 4 is 52.4 Å². The van der Waals surface area contributed by atoms with Gasteiger partial charge in [-0.1, -0.05) is 0 Å². The summed E-state index contributed by atoms with van der Waals surface area (Å²) in [6.07, 6.45) is 2.17. The molecule has 1 aromatic rings. The lowest BCUT2D eigenvalue weighted by Crippen LogP contribution is -2.33. The van der Waals surface area contributed by atoms with Gasteiger partial charge < -0.3 is 5.32 Å². The Hall–Kier alpha value is -0.440. The molecule has 2 unspecified atom stereocenters. The first-order valence-electron chi connectivity index (χ1n) is 5.96. The van der Waals surface area contributed by atoms with Crippen LogP contribution in [0, 0.1) is 0 Å². The molecule has 21 heavy (non-hydrogen) atoms. The normalized spacial score (nSPS) is 14.5. The SMILES string of the molecule is CC(CCS(C)=O)NC(=O)c1ccc(Br)c(S(=O)(=O)Cl)c1. The maximum Gasteiger partial charge on any atom is 0.262 e. The zero-order valence-corrected chi connectivity index (χ0v) is 15.4. The molecule has 0 spiro atoms. The predicted molar refractivity (Wildman–Crippen MR) is 87.7 cm³/mol. The highest BCUT2D eigenvalue weighted by Gasteiger charge is 2.18. The van der Waals surface area contributed by atoms with Crippen LogP contribution in [0.3, 0.4) is 0 Å². The second-order valence-corrected chi connectivity index (χ2v) is 9.47. The third kappa shape index (κ3) is 6.06. The molecule has 0 radical (unpaired) electrons. The van der Waals surface area contributed by atoms with Crippen LogP contribution in [0.15, 0.2) is 27.6 Å². The lowest BCUT2D eigenvalue weighted by atomic mass is 10.2. The molecule has 5 nitrogen and oxygen atoms in total. The smallest absolute Gasteiger partial charge is 0.262 e. The van der Waals surface area contributed by atoms with Crippen LogP contribution >= 0.6 is 26.6 Å². The van der Waals surface area contributed by atoms with Gasteiger partial charge in [0.2, 0.25) is 0 Å². The van der Waals surface area contributed by atoms with Crippen LogP contribution in [-0.2, 0) is 19.9 Å². The molecular weight excluding hydrogens is 402 g/mol. The number of carbonyl (C=O) groups excluding carboxylic acids is 1. The molecule has 0 saturated heterocycles. The number of rotatable bonds is 6. The fraction of sp³-hybridized carbons (Fsp3) is 0.417. The molecule has 0 saturated carbocycles. The van der Waals surface area contributed by atoms with E-state index in [9.17, 15) is 17.4 Å². The summed E-state index contributed by atoms with van der Waals surface area (Å²) in [4.78, 5) is 11.9. The molecule has 0 aliphatic heterocycles. The minimum Gasteiger partial charge on any atom is -0.350 e. The van der Waals surface area contributed by atoms with Gasteiger partial charge >= 0.3 is 0 Å². The van der Waals surface area contributed by atoms with Crippen molar-refractivity contribution in [1.29, 1.82) is 0 Å². The maximum atomic E-state index is 12.1. The Morgan fingerprint density at radius 3 is 2.62 bits per heavy atom. The molecular formula is C12H15BrClNO4S2. The Balaban J connectivity index is 2.87. The number of amides is 1. The van der Waals surface area contributed by atoms with Gasteiger partial charge in [0.1, 0.15) is 0 Å². The zero-order valence-electron chi connectivity index (χ0n) is 11.4. The highest BCUT2D eigenvalue weighted by atomic mass is 79.9. The van der Waals surface area contributed by atoms with Crippen molar-refractivity contribution in [3.8, 4) is 0 Å². The van der Waals surface area contributed by atoms with Crippen molar-refractivity contribution < 1.29 is 17.4 Å². The van der Waals surface area contributed by atoms with Gasteiger partial charge in [-0.05, 0) is 47.5 Å². The Kier molecular flexibility index (Phi) is 6.83. The van der Waals surface area contributed by atoms with Gasteiger partial charge in [-0.25, -0.2) is 8.42 Å². The van der Waals surface area contributed by atoms with Crippen LogP contribution in [0.5, 0.6) is 0 Å². The third-order valence-electron chi connectivity index (χ3n) is 2.67. The monoisotopic (exact) mass is 415 g/mol. The summed E-state index contributed by atoms with van der Waals surface area (Å²) in [5, 5.41) is 2.72. The Morgan fingerprint density at radius 1 is 1.48 bits per heavy atom. The average Bonchev–Trinajstić information content (AvgIpc) is 2.35. The van der Waals surface area contributed by atoms with E-state index in [0.717, 1.165) is 0 Å². The topological polar surface area (TPSA) is 80.3 Å². The van der Waals surface area contributed by atoms with E-state index >= 15 is 0 Å². The first-order chi connectivity index (χ1) is 9.61. The number of hydrogen-bond acceptors (Lipinski definition) is 4. The van der Waals surface area contributed by atoms with E-state index in [-0.39, 0.29) is 16.5 Å². The Morgan fingerprint density at radius 2 is 2.10 bits per heavy atom. The van der Waals surface area contributed by atoms with Crippen molar-refractivity contribution in [3.05, 3.63) is 28.2 Å². The van der Waals surface area contributed by atoms with Gasteiger partial charge in [0.05, 0.1) is 4.90 Å². The van der Waals surface area contributed by atoms with Crippen molar-refractivity contribution in [2.45, 2.75) is 24.3 Å². The van der Waals surface area contributed by atoms with Gasteiger partial charge in [0, 0.05) is 49.6 Å². The fourth-order valence-electron chi connectivity index (χ4n) is 1.55. The average molecular weight is 417 g/mol. The largest absolute Gasteiger partial charge is 0.350 e. The molecule has 1 N–H and O–H groups in total. The van der Waals surface area contributed by atoms with Gasteiger partial charge in [-0.15, -0.1) is 0 Å². The highest BCUT2D eigenvalue weighted by molar-refractivity contribution is 9.10. The summed E-state index contributed by atoms with van der Waals surface area (Å²) in [7, 11) is 0.455. The number of benzene rings is 1. The molecule has 9 heteroatoms. The minimum atomic E-state index is -3.93. The second kappa shape index (κ2) is 7.71. The number of hydrogen-bond donors (Lipinski definition) is 1. The van der Waals surface area contributed by atoms with E-state index < -0.39 is 25.8 Å². The molecule has 1 aromatic carbocycles. The van der Waals surface area contributed by atoms with Gasteiger partial charge in [-0.3, -0.25) is 9.00 Å². The Labute approximate surface area is 139 Å². The highest BCUT2D eigenvalue weighted by Crippen LogP contribution is 2.26. The quantitative estimate of drug-likeness (QED) is 0.721. The van der Waals surface area contributed by atoms with Gasteiger partial charge in [0.15, 0.2) is 0 Å². The molecule has 0 bridgehead atoms. The minimum absolute atomic E-state index is 0.154. The summed E-state index contributed by atoms with van der Waals surface area (Å²) >= 11 is 3.08. The maximum absolute atomic E-state index is 12.1. The van der Waals surface area contributed by atoms with Crippen molar-refractivity contribution in [2.75, 3.05) is 12.0 Å². The van der Waals surface area contributed by atoms with E-state index in [0.29, 0.717) is 16.6 Å². The van der Waals surface area contributed by atoms with Crippen LogP contribution in [-0.4, -0.2) is 36.6 Å². The summed E-state index contributed by atoms with van der Waals surface area (Å²) in [6.45, 7) is 1.79. The van der Waals surface area contributed by atoms with Crippen molar-refractivity contribution in [1.82, 2.24) is 5.32 Å². The first kappa shape index (κ1) is 18.6. The van der Waals surface area contributed by atoms with Crippen LogP contribution in [0.2, 0.25) is 0 Å². The van der Waals surface area contributed by atoms with Gasteiger partial charge in [-0.2, -0.15) is 0 Å². The molecule has 0 aromatic heterocycles. The van der Waals surface area contributed by atoms with Crippen molar-refractivity contribution in [3.63, 3.8) is 0 Å². The van der Waals surface area contributed by atoms with E-state index in [4.69, 9.17) is 10.7 Å². The molecule has 1 amide bonds. The second-order valence-electron chi connectivity index (χ2n) is 4.52. The van der Waals surface area contributed by atoms with Crippen LogP contribution in [0.25, 0.3) is 0 Å². The fourth-order valence-corrected chi connectivity index (χ4v) is 4.36. The van der Waals surface area contributed by atoms with Crippen molar-refractivity contribution in [2.24, 2.45) is 0 Å². The molecule has 118 valence electrons. The number of carbonyl (C=O) groups is 1. The van der Waals surface area contributed by atoms with E-state index in [1.54, 1.807) is 13.2 Å². The summed E-state index contributed by atoms with van der Waals surface area (Å²) in [5.41, 5.74) is 0.196. The van der Waals surface area contributed by atoms with E-state index in [1.165, 1.54) is 18.2 Å². The standard InChI is InChI=1S/C12H15BrClNO4S2/c1-8(5-6-20(2)17)15-12(16)9-3-4-10(13)11(7-9)21(14,18)19/h3-4,7-8H,5-6H2,1-2H3,(H,15,16). The summed E-state index contributed by atoms with van der Waals surface area (Å²) in [6, 6.07) is 4.00. The van der Waals surface area contributed by atoms with Crippen LogP contribution < -0.4 is 5.32 Å². The number of nitrogens with one attached hydrogen (secondary N) is 1. The molecule has 0 fully saturated rings. The van der Waals surface area contributed by atoms with Crippen LogP contribution in [0.4, 0.5) is 0 Å². The lowest BCUT2D eigenvalue weighted by molar-refractivity contribution is 0.0939. The molecule has 0 heterocycles. The molecule has 2 atom stereocenters. The molecule has 0 aliphatic carbocycles. The summed E-state index contributed by atoms with van der Waals surface area (Å²) < 4.78 is 34.1. The van der Waals surface area contributed by atoms with E-state index in [2.05, 4.69) is 21.2 Å². The molecule has 1 rings (SSSR count). The number of halogens is 2.